The van der Waals surface area contributed by atoms with Gasteiger partial charge in [-0.15, -0.1) is 0 Å². The first-order valence-corrected chi connectivity index (χ1v) is 8.46. The number of ether oxygens (including phenoxy) is 1. The number of rotatable bonds is 7. The summed E-state index contributed by atoms with van der Waals surface area (Å²) in [6.45, 7) is 11.4. The molecule has 0 fully saturated rings. The SMILES string of the molecule is CCNC(CSC(C)(C)C)(C(=O)OCC)c1ccccc1. The first-order valence-electron chi connectivity index (χ1n) is 7.47. The van der Waals surface area contributed by atoms with Gasteiger partial charge in [-0.1, -0.05) is 58.0 Å². The summed E-state index contributed by atoms with van der Waals surface area (Å²) in [4.78, 5) is 12.7. The van der Waals surface area contributed by atoms with Crippen molar-refractivity contribution in [2.75, 3.05) is 18.9 Å². The zero-order valence-corrected chi connectivity index (χ0v) is 14.5. The number of carbonyl (C=O) groups excluding carboxylic acids is 1. The Balaban J connectivity index is 3.19. The summed E-state index contributed by atoms with van der Waals surface area (Å²) in [6.07, 6.45) is 0. The first kappa shape index (κ1) is 18.1. The van der Waals surface area contributed by atoms with Crippen LogP contribution in [0.25, 0.3) is 0 Å². The average Bonchev–Trinajstić information content (AvgIpc) is 2.44. The highest BCUT2D eigenvalue weighted by molar-refractivity contribution is 8.00. The van der Waals surface area contributed by atoms with Gasteiger partial charge in [-0.25, -0.2) is 4.79 Å². The molecule has 1 N–H and O–H groups in total. The highest BCUT2D eigenvalue weighted by atomic mass is 32.2. The van der Waals surface area contributed by atoms with E-state index in [4.69, 9.17) is 4.74 Å². The first-order chi connectivity index (χ1) is 9.85. The molecule has 0 bridgehead atoms. The molecule has 1 aromatic rings. The molecule has 21 heavy (non-hydrogen) atoms. The minimum Gasteiger partial charge on any atom is -0.464 e. The molecule has 1 atom stereocenters. The van der Waals surface area contributed by atoms with Crippen LogP contribution in [0, 0.1) is 0 Å². The molecule has 1 aromatic carbocycles. The van der Waals surface area contributed by atoms with Crippen molar-refractivity contribution in [3.8, 4) is 0 Å². The van der Waals surface area contributed by atoms with Gasteiger partial charge in [0.25, 0.3) is 0 Å². The van der Waals surface area contributed by atoms with E-state index in [9.17, 15) is 4.79 Å². The Labute approximate surface area is 132 Å². The Hall–Kier alpha value is -1.00. The predicted octanol–water partition coefficient (Wildman–Crippen LogP) is 3.59. The Morgan fingerprint density at radius 2 is 1.81 bits per heavy atom. The van der Waals surface area contributed by atoms with Gasteiger partial charge in [0, 0.05) is 10.5 Å². The van der Waals surface area contributed by atoms with Crippen LogP contribution in [-0.4, -0.2) is 29.6 Å². The van der Waals surface area contributed by atoms with Crippen molar-refractivity contribution < 1.29 is 9.53 Å². The topological polar surface area (TPSA) is 38.3 Å². The summed E-state index contributed by atoms with van der Waals surface area (Å²) in [7, 11) is 0. The molecule has 0 aliphatic rings. The lowest BCUT2D eigenvalue weighted by molar-refractivity contribution is -0.150. The number of carbonyl (C=O) groups is 1. The summed E-state index contributed by atoms with van der Waals surface area (Å²) in [5, 5.41) is 3.37. The fourth-order valence-electron chi connectivity index (χ4n) is 2.09. The maximum absolute atomic E-state index is 12.7. The molecule has 4 heteroatoms. The minimum absolute atomic E-state index is 0.0853. The van der Waals surface area contributed by atoms with Crippen molar-refractivity contribution in [3.05, 3.63) is 35.9 Å². The van der Waals surface area contributed by atoms with E-state index in [1.807, 2.05) is 44.2 Å². The van der Waals surface area contributed by atoms with Crippen molar-refractivity contribution in [3.63, 3.8) is 0 Å². The van der Waals surface area contributed by atoms with Crippen LogP contribution in [0.5, 0.6) is 0 Å². The zero-order chi connectivity index (χ0) is 15.9. The van der Waals surface area contributed by atoms with E-state index >= 15 is 0 Å². The van der Waals surface area contributed by atoms with Crippen LogP contribution < -0.4 is 5.32 Å². The summed E-state index contributed by atoms with van der Waals surface area (Å²) in [5.74, 6) is 0.447. The number of hydrogen-bond acceptors (Lipinski definition) is 4. The van der Waals surface area contributed by atoms with Crippen molar-refractivity contribution in [1.29, 1.82) is 0 Å². The lowest BCUT2D eigenvalue weighted by Gasteiger charge is -2.34. The average molecular weight is 309 g/mol. The second kappa shape index (κ2) is 7.85. The van der Waals surface area contributed by atoms with Gasteiger partial charge in [-0.05, 0) is 19.0 Å². The number of likely N-dealkylation sites (N-methyl/N-ethyl adjacent to an activating group) is 1. The van der Waals surface area contributed by atoms with Crippen LogP contribution in [0.2, 0.25) is 0 Å². The third-order valence-corrected chi connectivity index (χ3v) is 4.53. The highest BCUT2D eigenvalue weighted by Crippen LogP contribution is 2.33. The van der Waals surface area contributed by atoms with Crippen LogP contribution >= 0.6 is 11.8 Å². The molecule has 0 aromatic heterocycles. The van der Waals surface area contributed by atoms with Gasteiger partial charge in [0.1, 0.15) is 0 Å². The van der Waals surface area contributed by atoms with E-state index < -0.39 is 5.54 Å². The van der Waals surface area contributed by atoms with Crippen molar-refractivity contribution in [1.82, 2.24) is 5.32 Å². The molecule has 0 amide bonds. The monoisotopic (exact) mass is 309 g/mol. The van der Waals surface area contributed by atoms with Gasteiger partial charge in [-0.3, -0.25) is 5.32 Å². The number of nitrogens with one attached hydrogen (secondary N) is 1. The van der Waals surface area contributed by atoms with E-state index in [1.54, 1.807) is 11.8 Å². The quantitative estimate of drug-likeness (QED) is 0.781. The number of benzene rings is 1. The van der Waals surface area contributed by atoms with Gasteiger partial charge in [0.05, 0.1) is 6.61 Å². The van der Waals surface area contributed by atoms with E-state index in [0.29, 0.717) is 18.9 Å². The minimum atomic E-state index is -0.788. The van der Waals surface area contributed by atoms with Crippen LogP contribution in [0.4, 0.5) is 0 Å². The molecule has 0 radical (unpaired) electrons. The molecular weight excluding hydrogens is 282 g/mol. The third-order valence-electron chi connectivity index (χ3n) is 3.09. The Kier molecular flexibility index (Phi) is 6.75. The Bertz CT molecular complexity index is 442. The maximum atomic E-state index is 12.7. The molecule has 0 saturated carbocycles. The molecular formula is C17H27NO2S. The Morgan fingerprint density at radius 3 is 2.29 bits per heavy atom. The highest BCUT2D eigenvalue weighted by Gasteiger charge is 2.41. The van der Waals surface area contributed by atoms with Crippen molar-refractivity contribution in [2.45, 2.75) is 44.9 Å². The molecule has 1 rings (SSSR count). The second-order valence-electron chi connectivity index (χ2n) is 5.92. The van der Waals surface area contributed by atoms with E-state index in [-0.39, 0.29) is 10.7 Å². The fourth-order valence-corrected chi connectivity index (χ4v) is 3.12. The standard InChI is InChI=1S/C17H27NO2S/c1-6-18-17(15(19)20-7-2,13-21-16(3,4)5)14-11-9-8-10-12-14/h8-12,18H,6-7,13H2,1-5H3. The lowest BCUT2D eigenvalue weighted by atomic mass is 9.91. The van der Waals surface area contributed by atoms with Gasteiger partial charge in [0.2, 0.25) is 0 Å². The summed E-state index contributed by atoms with van der Waals surface area (Å²) in [5.41, 5.74) is 0.172. The third kappa shape index (κ3) is 5.04. The number of hydrogen-bond donors (Lipinski definition) is 1. The fraction of sp³-hybridized carbons (Fsp3) is 0.588. The van der Waals surface area contributed by atoms with E-state index in [1.165, 1.54) is 0 Å². The van der Waals surface area contributed by atoms with Gasteiger partial charge in [0.15, 0.2) is 5.54 Å². The summed E-state index contributed by atoms with van der Waals surface area (Å²) in [6, 6.07) is 9.86. The van der Waals surface area contributed by atoms with Gasteiger partial charge < -0.3 is 4.74 Å². The predicted molar refractivity (Wildman–Crippen MR) is 90.6 cm³/mol. The number of esters is 1. The van der Waals surface area contributed by atoms with Crippen molar-refractivity contribution >= 4 is 17.7 Å². The van der Waals surface area contributed by atoms with Gasteiger partial charge >= 0.3 is 5.97 Å². The van der Waals surface area contributed by atoms with Crippen LogP contribution in [-0.2, 0) is 15.1 Å². The smallest absolute Gasteiger partial charge is 0.331 e. The molecule has 0 aliphatic heterocycles. The molecule has 118 valence electrons. The maximum Gasteiger partial charge on any atom is 0.331 e. The largest absolute Gasteiger partial charge is 0.464 e. The zero-order valence-electron chi connectivity index (χ0n) is 13.7. The normalized spacial score (nSPS) is 14.5. The van der Waals surface area contributed by atoms with Gasteiger partial charge in [-0.2, -0.15) is 11.8 Å². The molecule has 0 saturated heterocycles. The van der Waals surface area contributed by atoms with Crippen LogP contribution in [0.3, 0.4) is 0 Å². The van der Waals surface area contributed by atoms with E-state index in [0.717, 1.165) is 5.56 Å². The summed E-state index contributed by atoms with van der Waals surface area (Å²) >= 11 is 1.77. The molecule has 1 unspecified atom stereocenters. The lowest BCUT2D eigenvalue weighted by Crippen LogP contribution is -2.52. The molecule has 0 heterocycles. The number of thioether (sulfide) groups is 1. The van der Waals surface area contributed by atoms with Crippen LogP contribution in [0.1, 0.15) is 40.2 Å². The summed E-state index contributed by atoms with van der Waals surface area (Å²) < 4.78 is 5.45. The molecule has 0 spiro atoms. The van der Waals surface area contributed by atoms with Crippen molar-refractivity contribution in [2.24, 2.45) is 0 Å². The van der Waals surface area contributed by atoms with E-state index in [2.05, 4.69) is 26.1 Å². The molecule has 3 nitrogen and oxygen atoms in total. The Morgan fingerprint density at radius 1 is 1.19 bits per heavy atom. The molecule has 0 aliphatic carbocycles. The second-order valence-corrected chi connectivity index (χ2v) is 7.73. The van der Waals surface area contributed by atoms with Crippen LogP contribution in [0.15, 0.2) is 30.3 Å².